The Morgan fingerprint density at radius 1 is 1.00 bits per heavy atom. The lowest BCUT2D eigenvalue weighted by Gasteiger charge is -1.98. The highest BCUT2D eigenvalue weighted by molar-refractivity contribution is 5.56. The first-order chi connectivity index (χ1) is 6.91. The van der Waals surface area contributed by atoms with E-state index in [9.17, 15) is 0 Å². The fourth-order valence-electron chi connectivity index (χ4n) is 1.45. The zero-order valence-corrected chi connectivity index (χ0v) is 9.67. The molecule has 0 saturated heterocycles. The molecule has 0 radical (unpaired) electrons. The minimum Gasteiger partial charge on any atom is -0.329 e. The molecule has 0 spiro atoms. The van der Waals surface area contributed by atoms with Crippen molar-refractivity contribution in [2.45, 2.75) is 58.3 Å². The van der Waals surface area contributed by atoms with Gasteiger partial charge in [0.25, 0.3) is 0 Å². The summed E-state index contributed by atoms with van der Waals surface area (Å²) in [5, 5.41) is 0. The normalized spacial score (nSPS) is 11.3. The van der Waals surface area contributed by atoms with Gasteiger partial charge in [-0.15, -0.1) is 0 Å². The Hall–Kier alpha value is -0.370. The molecular weight excluding hydrogens is 172 g/mol. The van der Waals surface area contributed by atoms with E-state index in [-0.39, 0.29) is 0 Å². The van der Waals surface area contributed by atoms with Crippen LogP contribution in [0.5, 0.6) is 0 Å². The van der Waals surface area contributed by atoms with Crippen molar-refractivity contribution in [3.63, 3.8) is 0 Å². The molecule has 14 heavy (non-hydrogen) atoms. The lowest BCUT2D eigenvalue weighted by atomic mass is 10.1. The monoisotopic (exact) mass is 198 g/mol. The third-order valence-corrected chi connectivity index (χ3v) is 2.32. The van der Waals surface area contributed by atoms with Crippen LogP contribution in [0.2, 0.25) is 0 Å². The Balaban J connectivity index is 2.91. The smallest absolute Gasteiger partial charge is 0.0508 e. The summed E-state index contributed by atoms with van der Waals surface area (Å²) in [6.45, 7) is 3.72. The third-order valence-electron chi connectivity index (χ3n) is 2.32. The molecule has 0 aromatic carbocycles. The molecule has 84 valence electrons. The maximum Gasteiger partial charge on any atom is 0.0508 e. The molecule has 0 aromatic rings. The predicted molar refractivity (Wildman–Crippen MR) is 65.0 cm³/mol. The fraction of sp³-hybridized carbons (Fsp3) is 0.917. The molecule has 0 heterocycles. The van der Waals surface area contributed by atoms with Gasteiger partial charge in [-0.1, -0.05) is 45.4 Å². The molecule has 0 aliphatic carbocycles. The predicted octanol–water partition coefficient (Wildman–Crippen LogP) is 3.16. The largest absolute Gasteiger partial charge is 0.329 e. The SMILES string of the molecule is CCCCCCCCCC=NCCN. The van der Waals surface area contributed by atoms with E-state index in [0.29, 0.717) is 6.54 Å². The van der Waals surface area contributed by atoms with E-state index < -0.39 is 0 Å². The van der Waals surface area contributed by atoms with Crippen molar-refractivity contribution in [3.05, 3.63) is 0 Å². The topological polar surface area (TPSA) is 38.4 Å². The van der Waals surface area contributed by atoms with Gasteiger partial charge in [-0.2, -0.15) is 0 Å². The Morgan fingerprint density at radius 2 is 1.64 bits per heavy atom. The molecule has 0 rings (SSSR count). The lowest BCUT2D eigenvalue weighted by Crippen LogP contribution is -2.02. The second-order valence-electron chi connectivity index (χ2n) is 3.79. The van der Waals surface area contributed by atoms with Crippen LogP contribution < -0.4 is 5.73 Å². The molecule has 0 aromatic heterocycles. The molecule has 0 unspecified atom stereocenters. The highest BCUT2D eigenvalue weighted by Crippen LogP contribution is 2.07. The number of nitrogens with zero attached hydrogens (tertiary/aromatic N) is 1. The highest BCUT2D eigenvalue weighted by atomic mass is 14.7. The Labute approximate surface area is 89.0 Å². The quantitative estimate of drug-likeness (QED) is 0.425. The van der Waals surface area contributed by atoms with E-state index in [1.807, 2.05) is 6.21 Å². The number of rotatable bonds is 10. The molecule has 0 aliphatic rings. The number of hydrogen-bond donors (Lipinski definition) is 1. The fourth-order valence-corrected chi connectivity index (χ4v) is 1.45. The van der Waals surface area contributed by atoms with Gasteiger partial charge >= 0.3 is 0 Å². The van der Waals surface area contributed by atoms with Gasteiger partial charge in [0.1, 0.15) is 0 Å². The number of nitrogens with two attached hydrogens (primary N) is 1. The molecule has 0 aliphatic heterocycles. The van der Waals surface area contributed by atoms with Gasteiger partial charge in [0.05, 0.1) is 6.54 Å². The van der Waals surface area contributed by atoms with Crippen LogP contribution >= 0.6 is 0 Å². The second kappa shape index (κ2) is 12.6. The van der Waals surface area contributed by atoms with E-state index in [2.05, 4.69) is 11.9 Å². The van der Waals surface area contributed by atoms with Gasteiger partial charge in [0.2, 0.25) is 0 Å². The Morgan fingerprint density at radius 3 is 2.29 bits per heavy atom. The van der Waals surface area contributed by atoms with Crippen LogP contribution in [-0.2, 0) is 0 Å². The molecule has 2 heteroatoms. The minimum absolute atomic E-state index is 0.674. The number of hydrogen-bond acceptors (Lipinski definition) is 2. The van der Waals surface area contributed by atoms with E-state index in [1.54, 1.807) is 0 Å². The summed E-state index contributed by atoms with van der Waals surface area (Å²) in [6, 6.07) is 0. The Bertz CT molecular complexity index is 121. The van der Waals surface area contributed by atoms with Crippen molar-refractivity contribution >= 4 is 6.21 Å². The van der Waals surface area contributed by atoms with Gasteiger partial charge in [0.15, 0.2) is 0 Å². The summed E-state index contributed by atoms with van der Waals surface area (Å²) in [5.41, 5.74) is 5.32. The standard InChI is InChI=1S/C12H26N2/c1-2-3-4-5-6-7-8-9-11-14-12-10-13/h11H,2-10,12-13H2,1H3. The number of unbranched alkanes of at least 4 members (excludes halogenated alkanes) is 7. The maximum absolute atomic E-state index is 5.32. The van der Waals surface area contributed by atoms with Crippen molar-refractivity contribution < 1.29 is 0 Å². The molecule has 0 amide bonds. The summed E-state index contributed by atoms with van der Waals surface area (Å²) in [4.78, 5) is 4.19. The van der Waals surface area contributed by atoms with Crippen LogP contribution in [0, 0.1) is 0 Å². The van der Waals surface area contributed by atoms with Gasteiger partial charge in [-0.05, 0) is 19.1 Å². The molecule has 2 nitrogen and oxygen atoms in total. The van der Waals surface area contributed by atoms with E-state index in [1.165, 1.54) is 44.9 Å². The second-order valence-corrected chi connectivity index (χ2v) is 3.79. The molecular formula is C12H26N2. The maximum atomic E-state index is 5.32. The molecule has 0 saturated carbocycles. The first-order valence-corrected chi connectivity index (χ1v) is 6.10. The first kappa shape index (κ1) is 13.6. The molecule has 0 atom stereocenters. The van der Waals surface area contributed by atoms with Crippen molar-refractivity contribution in [3.8, 4) is 0 Å². The van der Waals surface area contributed by atoms with Crippen LogP contribution in [-0.4, -0.2) is 19.3 Å². The zero-order chi connectivity index (χ0) is 10.5. The molecule has 0 fully saturated rings. The average molecular weight is 198 g/mol. The summed E-state index contributed by atoms with van der Waals surface area (Å²) in [7, 11) is 0. The summed E-state index contributed by atoms with van der Waals surface area (Å²) >= 11 is 0. The van der Waals surface area contributed by atoms with Gasteiger partial charge < -0.3 is 5.73 Å². The van der Waals surface area contributed by atoms with Gasteiger partial charge in [-0.25, -0.2) is 0 Å². The van der Waals surface area contributed by atoms with Crippen LogP contribution in [0.3, 0.4) is 0 Å². The van der Waals surface area contributed by atoms with Crippen molar-refractivity contribution in [1.29, 1.82) is 0 Å². The van der Waals surface area contributed by atoms with Crippen molar-refractivity contribution in [2.75, 3.05) is 13.1 Å². The number of aliphatic imine (C=N–C) groups is 1. The van der Waals surface area contributed by atoms with Crippen LogP contribution in [0.25, 0.3) is 0 Å². The lowest BCUT2D eigenvalue weighted by molar-refractivity contribution is 0.596. The Kier molecular flexibility index (Phi) is 12.3. The van der Waals surface area contributed by atoms with Gasteiger partial charge in [0, 0.05) is 6.54 Å². The molecule has 0 bridgehead atoms. The summed E-state index contributed by atoms with van der Waals surface area (Å²) < 4.78 is 0. The van der Waals surface area contributed by atoms with E-state index >= 15 is 0 Å². The van der Waals surface area contributed by atoms with Crippen LogP contribution in [0.4, 0.5) is 0 Å². The van der Waals surface area contributed by atoms with Gasteiger partial charge in [-0.3, -0.25) is 4.99 Å². The average Bonchev–Trinajstić information content (AvgIpc) is 2.21. The third kappa shape index (κ3) is 11.6. The highest BCUT2D eigenvalue weighted by Gasteiger charge is 1.89. The van der Waals surface area contributed by atoms with E-state index in [0.717, 1.165) is 13.0 Å². The zero-order valence-electron chi connectivity index (χ0n) is 9.67. The summed E-state index contributed by atoms with van der Waals surface area (Å²) in [5.74, 6) is 0. The van der Waals surface area contributed by atoms with Crippen LogP contribution in [0.15, 0.2) is 4.99 Å². The van der Waals surface area contributed by atoms with Crippen molar-refractivity contribution in [1.82, 2.24) is 0 Å². The minimum atomic E-state index is 0.674. The summed E-state index contributed by atoms with van der Waals surface area (Å²) in [6.07, 6.45) is 12.8. The molecule has 2 N–H and O–H groups in total. The van der Waals surface area contributed by atoms with Crippen molar-refractivity contribution in [2.24, 2.45) is 10.7 Å². The van der Waals surface area contributed by atoms with E-state index in [4.69, 9.17) is 5.73 Å². The first-order valence-electron chi connectivity index (χ1n) is 6.10. The van der Waals surface area contributed by atoms with Crippen LogP contribution in [0.1, 0.15) is 58.3 Å².